The van der Waals surface area contributed by atoms with Gasteiger partial charge in [0.1, 0.15) is 17.3 Å². The highest BCUT2D eigenvalue weighted by atomic mass is 19.1. The Morgan fingerprint density at radius 1 is 1.38 bits per heavy atom. The molecule has 5 heteroatoms. The minimum atomic E-state index is -0.564. The normalized spacial score (nSPS) is 14.2. The maximum absolute atomic E-state index is 13.5. The number of nitrogens with two attached hydrogens (primary N) is 1. The molecule has 3 rings (SSSR count). The molecule has 4 nitrogen and oxygen atoms in total. The van der Waals surface area contributed by atoms with Gasteiger partial charge in [0.05, 0.1) is 17.8 Å². The van der Waals surface area contributed by atoms with Gasteiger partial charge in [0.2, 0.25) is 0 Å². The second-order valence-electron chi connectivity index (χ2n) is 5.38. The predicted octanol–water partition coefficient (Wildman–Crippen LogP) is 3.11. The van der Waals surface area contributed by atoms with Crippen molar-refractivity contribution in [1.29, 1.82) is 0 Å². The van der Waals surface area contributed by atoms with Gasteiger partial charge in [0, 0.05) is 6.04 Å². The first-order chi connectivity index (χ1) is 10.1. The zero-order valence-corrected chi connectivity index (χ0v) is 11.8. The second kappa shape index (κ2) is 5.24. The van der Waals surface area contributed by atoms with Crippen molar-refractivity contribution in [1.82, 2.24) is 4.90 Å². The molecule has 0 aliphatic heterocycles. The van der Waals surface area contributed by atoms with E-state index in [-0.39, 0.29) is 23.2 Å². The fourth-order valence-electron chi connectivity index (χ4n) is 2.37. The fourth-order valence-corrected chi connectivity index (χ4v) is 2.37. The predicted molar refractivity (Wildman–Crippen MR) is 77.2 cm³/mol. The Morgan fingerprint density at radius 2 is 2.14 bits per heavy atom. The summed E-state index contributed by atoms with van der Waals surface area (Å²) in [6.45, 7) is 2.24. The molecule has 0 bridgehead atoms. The molecular weight excluding hydrogens is 271 g/mol. The van der Waals surface area contributed by atoms with Crippen LogP contribution in [0.15, 0.2) is 34.7 Å². The summed E-state index contributed by atoms with van der Waals surface area (Å²) in [6, 6.07) is 8.22. The summed E-state index contributed by atoms with van der Waals surface area (Å²) >= 11 is 0. The van der Waals surface area contributed by atoms with E-state index in [1.165, 1.54) is 12.1 Å². The number of carbonyl (C=O) groups excluding carboxylic acids is 1. The van der Waals surface area contributed by atoms with E-state index in [0.717, 1.165) is 24.4 Å². The summed E-state index contributed by atoms with van der Waals surface area (Å²) < 4.78 is 19.1. The van der Waals surface area contributed by atoms with Crippen molar-refractivity contribution in [2.75, 3.05) is 5.73 Å². The highest BCUT2D eigenvalue weighted by molar-refractivity contribution is 5.99. The van der Waals surface area contributed by atoms with Crippen molar-refractivity contribution in [3.63, 3.8) is 0 Å². The molecule has 1 fully saturated rings. The lowest BCUT2D eigenvalue weighted by molar-refractivity contribution is 0.0717. The Kier molecular flexibility index (Phi) is 3.41. The van der Waals surface area contributed by atoms with Crippen LogP contribution in [0.4, 0.5) is 10.1 Å². The molecule has 0 radical (unpaired) electrons. The number of para-hydroxylation sites is 1. The van der Waals surface area contributed by atoms with Gasteiger partial charge in [-0.15, -0.1) is 0 Å². The first-order valence-corrected chi connectivity index (χ1v) is 6.96. The summed E-state index contributed by atoms with van der Waals surface area (Å²) in [6.07, 6.45) is 1.92. The summed E-state index contributed by atoms with van der Waals surface area (Å²) in [4.78, 5) is 14.4. The molecule has 1 aliphatic carbocycles. The van der Waals surface area contributed by atoms with Crippen molar-refractivity contribution in [2.24, 2.45) is 0 Å². The Balaban J connectivity index is 1.87. The van der Waals surface area contributed by atoms with Crippen molar-refractivity contribution < 1.29 is 13.6 Å². The van der Waals surface area contributed by atoms with E-state index in [9.17, 15) is 9.18 Å². The molecule has 21 heavy (non-hydrogen) atoms. The van der Waals surface area contributed by atoms with Crippen LogP contribution in [0.2, 0.25) is 0 Å². The number of aryl methyl sites for hydroxylation is 1. The number of nitrogen functional groups attached to an aromatic ring is 1. The smallest absolute Gasteiger partial charge is 0.256 e. The molecule has 2 aromatic rings. The molecule has 1 aromatic carbocycles. The van der Waals surface area contributed by atoms with E-state index in [1.54, 1.807) is 11.0 Å². The lowest BCUT2D eigenvalue weighted by atomic mass is 10.1. The third kappa shape index (κ3) is 2.77. The number of hydrogen-bond acceptors (Lipinski definition) is 3. The molecule has 1 heterocycles. The number of anilines is 1. The molecular formula is C16H17FN2O2. The van der Waals surface area contributed by atoms with Gasteiger partial charge < -0.3 is 15.1 Å². The van der Waals surface area contributed by atoms with E-state index in [2.05, 4.69) is 0 Å². The molecule has 2 N–H and O–H groups in total. The number of amides is 1. The van der Waals surface area contributed by atoms with Gasteiger partial charge in [-0.05, 0) is 44.0 Å². The molecule has 1 saturated carbocycles. The standard InChI is InChI=1S/C16H17FN2O2/c1-10-5-8-12(21-10)9-19(11-6-7-11)16(20)13-3-2-4-14(17)15(13)18/h2-5,8,11H,6-7,9,18H2,1H3. The van der Waals surface area contributed by atoms with Crippen molar-refractivity contribution in [3.05, 3.63) is 53.2 Å². The highest BCUT2D eigenvalue weighted by Gasteiger charge is 2.34. The van der Waals surface area contributed by atoms with Gasteiger partial charge in [-0.1, -0.05) is 6.07 Å². The fraction of sp³-hybridized carbons (Fsp3) is 0.312. The SMILES string of the molecule is Cc1ccc(CN(C(=O)c2cccc(F)c2N)C2CC2)o1. The Labute approximate surface area is 122 Å². The number of rotatable bonds is 4. The monoisotopic (exact) mass is 288 g/mol. The van der Waals surface area contributed by atoms with Crippen LogP contribution >= 0.6 is 0 Å². The molecule has 1 amide bonds. The molecule has 0 saturated heterocycles. The topological polar surface area (TPSA) is 59.5 Å². The average molecular weight is 288 g/mol. The van der Waals surface area contributed by atoms with Crippen molar-refractivity contribution >= 4 is 11.6 Å². The zero-order valence-electron chi connectivity index (χ0n) is 11.8. The van der Waals surface area contributed by atoms with Gasteiger partial charge in [-0.25, -0.2) is 4.39 Å². The lowest BCUT2D eigenvalue weighted by Gasteiger charge is -2.22. The van der Waals surface area contributed by atoms with Crippen molar-refractivity contribution in [3.8, 4) is 0 Å². The van der Waals surface area contributed by atoms with Gasteiger partial charge in [-0.3, -0.25) is 4.79 Å². The maximum Gasteiger partial charge on any atom is 0.256 e. The Hall–Kier alpha value is -2.30. The molecule has 0 atom stereocenters. The van der Waals surface area contributed by atoms with Crippen molar-refractivity contribution in [2.45, 2.75) is 32.4 Å². The van der Waals surface area contributed by atoms with E-state index in [4.69, 9.17) is 10.2 Å². The van der Waals surface area contributed by atoms with E-state index in [1.807, 2.05) is 19.1 Å². The first kappa shape index (κ1) is 13.7. The molecule has 110 valence electrons. The number of furan rings is 1. The van der Waals surface area contributed by atoms with Gasteiger partial charge in [0.15, 0.2) is 0 Å². The molecule has 1 aromatic heterocycles. The largest absolute Gasteiger partial charge is 0.464 e. The van der Waals surface area contributed by atoms with Gasteiger partial charge in [0.25, 0.3) is 5.91 Å². The third-order valence-electron chi connectivity index (χ3n) is 3.65. The van der Waals surface area contributed by atoms with Crippen LogP contribution in [-0.2, 0) is 6.54 Å². The minimum absolute atomic E-state index is 0.0937. The van der Waals surface area contributed by atoms with Crippen LogP contribution in [0.25, 0.3) is 0 Å². The van der Waals surface area contributed by atoms with E-state index >= 15 is 0 Å². The maximum atomic E-state index is 13.5. The number of halogens is 1. The third-order valence-corrected chi connectivity index (χ3v) is 3.65. The van der Waals surface area contributed by atoms with Crippen LogP contribution in [0.1, 0.15) is 34.7 Å². The van der Waals surface area contributed by atoms with Crippen LogP contribution in [0.5, 0.6) is 0 Å². The summed E-state index contributed by atoms with van der Waals surface area (Å²) in [5.41, 5.74) is 5.81. The molecule has 0 unspecified atom stereocenters. The number of benzene rings is 1. The van der Waals surface area contributed by atoms with Crippen LogP contribution in [0.3, 0.4) is 0 Å². The first-order valence-electron chi connectivity index (χ1n) is 6.96. The Morgan fingerprint density at radius 3 is 2.76 bits per heavy atom. The van der Waals surface area contributed by atoms with Crippen LogP contribution in [-0.4, -0.2) is 16.8 Å². The van der Waals surface area contributed by atoms with E-state index in [0.29, 0.717) is 6.54 Å². The van der Waals surface area contributed by atoms with E-state index < -0.39 is 5.82 Å². The lowest BCUT2D eigenvalue weighted by Crippen LogP contribution is -2.33. The quantitative estimate of drug-likeness (QED) is 0.879. The minimum Gasteiger partial charge on any atom is -0.464 e. The molecule has 0 spiro atoms. The number of carbonyl (C=O) groups is 1. The van der Waals surface area contributed by atoms with Crippen LogP contribution < -0.4 is 5.73 Å². The summed E-state index contributed by atoms with van der Waals surface area (Å²) in [5, 5.41) is 0. The zero-order chi connectivity index (χ0) is 15.0. The number of hydrogen-bond donors (Lipinski definition) is 1. The summed E-state index contributed by atoms with van der Waals surface area (Å²) in [7, 11) is 0. The van der Waals surface area contributed by atoms with Gasteiger partial charge >= 0.3 is 0 Å². The highest BCUT2D eigenvalue weighted by Crippen LogP contribution is 2.31. The molecule has 1 aliphatic rings. The van der Waals surface area contributed by atoms with Crippen LogP contribution in [0, 0.1) is 12.7 Å². The number of nitrogens with zero attached hydrogens (tertiary/aromatic N) is 1. The summed E-state index contributed by atoms with van der Waals surface area (Å²) in [5.74, 6) is 0.718. The Bertz CT molecular complexity index is 677. The average Bonchev–Trinajstić information content (AvgIpc) is 3.22. The second-order valence-corrected chi connectivity index (χ2v) is 5.38. The van der Waals surface area contributed by atoms with Gasteiger partial charge in [-0.2, -0.15) is 0 Å².